The third-order valence-corrected chi connectivity index (χ3v) is 5.92. The molecule has 0 saturated heterocycles. The highest BCUT2D eigenvalue weighted by molar-refractivity contribution is 5.79. The van der Waals surface area contributed by atoms with Gasteiger partial charge >= 0.3 is 6.09 Å². The second kappa shape index (κ2) is 9.40. The van der Waals surface area contributed by atoms with Crippen molar-refractivity contribution in [1.29, 1.82) is 0 Å². The number of hydrogen-bond acceptors (Lipinski definition) is 6. The number of aliphatic hydroxyl groups excluding tert-OH is 2. The lowest BCUT2D eigenvalue weighted by Crippen LogP contribution is -2.36. The van der Waals surface area contributed by atoms with Crippen molar-refractivity contribution in [3.63, 3.8) is 0 Å². The Balaban J connectivity index is 1.34. The minimum absolute atomic E-state index is 0.0720. The van der Waals surface area contributed by atoms with Crippen LogP contribution < -0.4 is 5.32 Å². The van der Waals surface area contributed by atoms with E-state index in [1.807, 2.05) is 48.5 Å². The molecule has 8 heteroatoms. The molecule has 0 radical (unpaired) electrons. The molecular formula is C25H24N2O6. The lowest BCUT2D eigenvalue weighted by molar-refractivity contribution is -0.385. The highest BCUT2D eigenvalue weighted by atomic mass is 16.6. The normalized spacial score (nSPS) is 14.2. The van der Waals surface area contributed by atoms with Crippen LogP contribution in [0.25, 0.3) is 11.1 Å². The molecule has 2 atom stereocenters. The van der Waals surface area contributed by atoms with Gasteiger partial charge in [-0.25, -0.2) is 4.79 Å². The number of aliphatic hydroxyl groups is 2. The first-order chi connectivity index (χ1) is 15.9. The lowest BCUT2D eigenvalue weighted by Gasteiger charge is -2.19. The molecule has 170 valence electrons. The highest BCUT2D eigenvalue weighted by Gasteiger charge is 2.29. The summed E-state index contributed by atoms with van der Waals surface area (Å²) in [6.07, 6.45) is -3.34. The molecule has 0 bridgehead atoms. The van der Waals surface area contributed by atoms with Crippen LogP contribution in [0.3, 0.4) is 0 Å². The predicted molar refractivity (Wildman–Crippen MR) is 122 cm³/mol. The van der Waals surface area contributed by atoms with E-state index < -0.39 is 23.2 Å². The fourth-order valence-electron chi connectivity index (χ4n) is 4.24. The SMILES string of the molecule is Cc1cc(C(O)C(O)CNC(=O)OCC2c3ccccc3-c3ccccc32)ccc1[N+](=O)[O-]. The van der Waals surface area contributed by atoms with Crippen LogP contribution in [0, 0.1) is 17.0 Å². The van der Waals surface area contributed by atoms with Crippen molar-refractivity contribution in [3.05, 3.63) is 99.1 Å². The Morgan fingerprint density at radius 3 is 2.24 bits per heavy atom. The summed E-state index contributed by atoms with van der Waals surface area (Å²) in [6, 6.07) is 20.1. The van der Waals surface area contributed by atoms with Crippen molar-refractivity contribution in [2.75, 3.05) is 13.2 Å². The van der Waals surface area contributed by atoms with Crippen molar-refractivity contribution < 1.29 is 24.7 Å². The topological polar surface area (TPSA) is 122 Å². The summed E-state index contributed by atoms with van der Waals surface area (Å²) in [7, 11) is 0. The van der Waals surface area contributed by atoms with Crippen LogP contribution in [0.4, 0.5) is 10.5 Å². The van der Waals surface area contributed by atoms with E-state index in [1.54, 1.807) is 6.92 Å². The average molecular weight is 448 g/mol. The fraction of sp³-hybridized carbons (Fsp3) is 0.240. The molecule has 0 spiro atoms. The zero-order valence-corrected chi connectivity index (χ0v) is 18.0. The van der Waals surface area contributed by atoms with Gasteiger partial charge in [0, 0.05) is 24.1 Å². The molecule has 0 aliphatic heterocycles. The number of nitro benzene ring substituents is 1. The van der Waals surface area contributed by atoms with Gasteiger partial charge in [-0.3, -0.25) is 10.1 Å². The van der Waals surface area contributed by atoms with Crippen molar-refractivity contribution in [2.24, 2.45) is 0 Å². The largest absolute Gasteiger partial charge is 0.449 e. The minimum atomic E-state index is -1.32. The van der Waals surface area contributed by atoms with Crippen LogP contribution >= 0.6 is 0 Å². The van der Waals surface area contributed by atoms with Gasteiger partial charge in [0.05, 0.1) is 4.92 Å². The first-order valence-corrected chi connectivity index (χ1v) is 10.6. The standard InChI is InChI=1S/C25H24N2O6/c1-15-12-16(10-11-22(15)27(31)32)24(29)23(28)13-26-25(30)33-14-21-19-8-4-2-6-17(19)18-7-3-5-9-20(18)21/h2-12,21,23-24,28-29H,13-14H2,1H3,(H,26,30). The van der Waals surface area contributed by atoms with E-state index in [0.717, 1.165) is 22.3 Å². The molecule has 0 saturated carbocycles. The number of amides is 1. The molecule has 1 amide bonds. The van der Waals surface area contributed by atoms with Gasteiger partial charge < -0.3 is 20.3 Å². The van der Waals surface area contributed by atoms with Gasteiger partial charge in [-0.2, -0.15) is 0 Å². The van der Waals surface area contributed by atoms with Gasteiger partial charge in [-0.1, -0.05) is 48.5 Å². The van der Waals surface area contributed by atoms with Crippen molar-refractivity contribution >= 4 is 11.8 Å². The Bertz CT molecular complexity index is 1150. The Hall–Kier alpha value is -3.75. The lowest BCUT2D eigenvalue weighted by atomic mass is 9.98. The number of carbonyl (C=O) groups is 1. The molecule has 0 fully saturated rings. The summed E-state index contributed by atoms with van der Waals surface area (Å²) in [5.74, 6) is -0.0817. The van der Waals surface area contributed by atoms with Crippen LogP contribution in [0.15, 0.2) is 66.7 Å². The van der Waals surface area contributed by atoms with Crippen LogP contribution in [0.5, 0.6) is 0 Å². The second-order valence-electron chi connectivity index (χ2n) is 8.02. The number of benzene rings is 3. The first kappa shape index (κ1) is 22.4. The molecule has 3 aromatic rings. The highest BCUT2D eigenvalue weighted by Crippen LogP contribution is 2.44. The first-order valence-electron chi connectivity index (χ1n) is 10.6. The van der Waals surface area contributed by atoms with E-state index in [4.69, 9.17) is 4.74 Å². The van der Waals surface area contributed by atoms with Crippen molar-refractivity contribution in [2.45, 2.75) is 25.0 Å². The van der Waals surface area contributed by atoms with Gasteiger partial charge in [-0.05, 0) is 46.9 Å². The van der Waals surface area contributed by atoms with Gasteiger partial charge in [0.25, 0.3) is 5.69 Å². The van der Waals surface area contributed by atoms with Crippen molar-refractivity contribution in [1.82, 2.24) is 5.32 Å². The van der Waals surface area contributed by atoms with Crippen LogP contribution in [-0.4, -0.2) is 40.5 Å². The molecule has 0 aromatic heterocycles. The molecular weight excluding hydrogens is 424 g/mol. The number of aryl methyl sites for hydroxylation is 1. The third kappa shape index (κ3) is 4.57. The number of rotatable bonds is 7. The summed E-state index contributed by atoms with van der Waals surface area (Å²) in [4.78, 5) is 22.7. The van der Waals surface area contributed by atoms with Crippen LogP contribution in [-0.2, 0) is 4.74 Å². The van der Waals surface area contributed by atoms with Gasteiger partial charge in [0.15, 0.2) is 0 Å². The van der Waals surface area contributed by atoms with Gasteiger partial charge in [0.1, 0.15) is 18.8 Å². The summed E-state index contributed by atoms with van der Waals surface area (Å²) < 4.78 is 5.42. The molecule has 1 aliphatic rings. The molecule has 33 heavy (non-hydrogen) atoms. The molecule has 0 heterocycles. The summed E-state index contributed by atoms with van der Waals surface area (Å²) in [6.45, 7) is 1.45. The Kier molecular flexibility index (Phi) is 6.39. The van der Waals surface area contributed by atoms with Crippen LogP contribution in [0.2, 0.25) is 0 Å². The monoisotopic (exact) mass is 448 g/mol. The number of nitrogens with zero attached hydrogens (tertiary/aromatic N) is 1. The fourth-order valence-corrected chi connectivity index (χ4v) is 4.24. The van der Waals surface area contributed by atoms with E-state index >= 15 is 0 Å². The van der Waals surface area contributed by atoms with Crippen LogP contribution in [0.1, 0.15) is 34.3 Å². The smallest absolute Gasteiger partial charge is 0.407 e. The zero-order valence-electron chi connectivity index (χ0n) is 18.0. The summed E-state index contributed by atoms with van der Waals surface area (Å²) in [5.41, 5.74) is 5.05. The second-order valence-corrected chi connectivity index (χ2v) is 8.02. The van der Waals surface area contributed by atoms with E-state index in [1.165, 1.54) is 18.2 Å². The van der Waals surface area contributed by atoms with E-state index in [9.17, 15) is 25.1 Å². The quantitative estimate of drug-likeness (QED) is 0.373. The van der Waals surface area contributed by atoms with E-state index in [2.05, 4.69) is 5.32 Å². The number of ether oxygens (including phenoxy) is 1. The maximum Gasteiger partial charge on any atom is 0.407 e. The van der Waals surface area contributed by atoms with Crippen molar-refractivity contribution in [3.8, 4) is 11.1 Å². The number of alkyl carbamates (subject to hydrolysis) is 1. The number of carbonyl (C=O) groups excluding carboxylic acids is 1. The molecule has 3 N–H and O–H groups in total. The number of hydrogen-bond donors (Lipinski definition) is 3. The zero-order chi connectivity index (χ0) is 23.5. The molecule has 1 aliphatic carbocycles. The maximum absolute atomic E-state index is 12.3. The Morgan fingerprint density at radius 1 is 1.06 bits per heavy atom. The number of nitrogens with one attached hydrogen (secondary N) is 1. The Morgan fingerprint density at radius 2 is 1.67 bits per heavy atom. The maximum atomic E-state index is 12.3. The minimum Gasteiger partial charge on any atom is -0.449 e. The molecule has 2 unspecified atom stereocenters. The van der Waals surface area contributed by atoms with Gasteiger partial charge in [0.2, 0.25) is 0 Å². The molecule has 8 nitrogen and oxygen atoms in total. The van der Waals surface area contributed by atoms with Gasteiger partial charge in [-0.15, -0.1) is 0 Å². The third-order valence-electron chi connectivity index (χ3n) is 5.92. The summed E-state index contributed by atoms with van der Waals surface area (Å²) >= 11 is 0. The molecule has 3 aromatic carbocycles. The number of nitro groups is 1. The average Bonchev–Trinajstić information content (AvgIpc) is 3.14. The predicted octanol–water partition coefficient (Wildman–Crippen LogP) is 3.84. The van der Waals surface area contributed by atoms with E-state index in [-0.39, 0.29) is 24.8 Å². The summed E-state index contributed by atoms with van der Waals surface area (Å²) in [5, 5.41) is 34.0. The Labute approximate surface area is 190 Å². The van der Waals surface area contributed by atoms with E-state index in [0.29, 0.717) is 11.1 Å². The number of fused-ring (bicyclic) bond motifs is 3. The molecule has 4 rings (SSSR count).